The monoisotopic (exact) mass is 223 g/mol. The molecule has 0 bridgehead atoms. The third-order valence-electron chi connectivity index (χ3n) is 2.67. The number of imidazole rings is 1. The zero-order chi connectivity index (χ0) is 12.1. The topological polar surface area (TPSA) is 55.2 Å². The lowest BCUT2D eigenvalue weighted by Gasteiger charge is -2.23. The van der Waals surface area contributed by atoms with E-state index >= 15 is 0 Å². The second-order valence-corrected chi connectivity index (χ2v) is 3.53. The zero-order valence-corrected chi connectivity index (χ0v) is 9.88. The van der Waals surface area contributed by atoms with Gasteiger partial charge in [0.2, 0.25) is 5.91 Å². The van der Waals surface area contributed by atoms with Gasteiger partial charge in [0.05, 0.1) is 12.5 Å². The Balaban J connectivity index is 2.89. The molecule has 1 atom stereocenters. The maximum Gasteiger partial charge on any atom is 0.245 e. The van der Waals surface area contributed by atoms with Crippen molar-refractivity contribution in [2.24, 2.45) is 0 Å². The number of hydrogen-bond donors (Lipinski definition) is 0. The molecule has 0 N–H and O–H groups in total. The molecule has 0 spiro atoms. The number of aldehydes is 1. The first-order chi connectivity index (χ1) is 7.65. The van der Waals surface area contributed by atoms with Crippen LogP contribution in [-0.4, -0.2) is 39.7 Å². The van der Waals surface area contributed by atoms with Crippen molar-refractivity contribution in [1.29, 1.82) is 0 Å². The highest BCUT2D eigenvalue weighted by atomic mass is 16.2. The fourth-order valence-corrected chi connectivity index (χ4v) is 1.65. The van der Waals surface area contributed by atoms with E-state index in [1.807, 2.05) is 13.8 Å². The van der Waals surface area contributed by atoms with Crippen LogP contribution in [0.3, 0.4) is 0 Å². The average Bonchev–Trinajstić information content (AvgIpc) is 2.77. The molecule has 1 heterocycles. The number of rotatable bonds is 5. The molecule has 0 aliphatic heterocycles. The van der Waals surface area contributed by atoms with E-state index < -0.39 is 0 Å². The number of aromatic nitrogens is 2. The molecule has 1 aromatic heterocycles. The second kappa shape index (κ2) is 5.44. The predicted molar refractivity (Wildman–Crippen MR) is 60.3 cm³/mol. The molecule has 0 fully saturated rings. The lowest BCUT2D eigenvalue weighted by atomic mass is 10.2. The molecular formula is C11H17N3O2. The first-order valence-electron chi connectivity index (χ1n) is 5.41. The van der Waals surface area contributed by atoms with Crippen molar-refractivity contribution >= 4 is 12.2 Å². The summed E-state index contributed by atoms with van der Waals surface area (Å²) < 4.78 is 1.59. The minimum atomic E-state index is -0.386. The number of amides is 1. The second-order valence-electron chi connectivity index (χ2n) is 3.53. The number of nitrogens with zero attached hydrogens (tertiary/aromatic N) is 3. The third kappa shape index (κ3) is 2.29. The molecule has 0 aliphatic carbocycles. The molecule has 0 saturated carbocycles. The summed E-state index contributed by atoms with van der Waals surface area (Å²) in [5.41, 5.74) is 0.424. The van der Waals surface area contributed by atoms with Gasteiger partial charge in [0.25, 0.3) is 0 Å². The Hall–Kier alpha value is -1.65. The van der Waals surface area contributed by atoms with Crippen LogP contribution in [0.15, 0.2) is 12.5 Å². The Morgan fingerprint density at radius 1 is 1.56 bits per heavy atom. The molecule has 1 aromatic rings. The van der Waals surface area contributed by atoms with Crippen LogP contribution in [0.2, 0.25) is 0 Å². The first kappa shape index (κ1) is 12.4. The molecule has 0 saturated heterocycles. The van der Waals surface area contributed by atoms with Gasteiger partial charge in [-0.15, -0.1) is 0 Å². The van der Waals surface area contributed by atoms with Crippen LogP contribution in [0.25, 0.3) is 0 Å². The third-order valence-corrected chi connectivity index (χ3v) is 2.67. The number of carbonyl (C=O) groups excluding carboxylic acids is 2. The largest absolute Gasteiger partial charge is 0.341 e. The first-order valence-corrected chi connectivity index (χ1v) is 5.41. The zero-order valence-electron chi connectivity index (χ0n) is 9.88. The highest BCUT2D eigenvalue weighted by molar-refractivity contribution is 5.81. The van der Waals surface area contributed by atoms with Crippen molar-refractivity contribution in [3.8, 4) is 0 Å². The maximum atomic E-state index is 12.0. The molecule has 0 aliphatic rings. The van der Waals surface area contributed by atoms with Crippen LogP contribution in [-0.2, 0) is 4.79 Å². The van der Waals surface area contributed by atoms with Crippen LogP contribution in [0.5, 0.6) is 0 Å². The number of carbonyl (C=O) groups is 2. The summed E-state index contributed by atoms with van der Waals surface area (Å²) in [4.78, 5) is 28.4. The molecule has 5 heteroatoms. The average molecular weight is 223 g/mol. The Bertz CT molecular complexity index is 369. The molecule has 1 unspecified atom stereocenters. The van der Waals surface area contributed by atoms with Gasteiger partial charge in [-0.2, -0.15) is 0 Å². The minimum Gasteiger partial charge on any atom is -0.341 e. The van der Waals surface area contributed by atoms with Crippen LogP contribution < -0.4 is 0 Å². The van der Waals surface area contributed by atoms with E-state index in [1.165, 1.54) is 12.5 Å². The normalized spacial score (nSPS) is 12.2. The van der Waals surface area contributed by atoms with Gasteiger partial charge in [-0.25, -0.2) is 4.98 Å². The summed E-state index contributed by atoms with van der Waals surface area (Å²) in [6, 6.07) is -0.386. The van der Waals surface area contributed by atoms with E-state index in [2.05, 4.69) is 4.98 Å². The number of hydrogen-bond acceptors (Lipinski definition) is 3. The Morgan fingerprint density at radius 3 is 2.69 bits per heavy atom. The molecule has 0 radical (unpaired) electrons. The minimum absolute atomic E-state index is 0.00565. The SMILES string of the molecule is CCN(CC)C(=O)C(C)n1cncc1C=O. The van der Waals surface area contributed by atoms with Gasteiger partial charge in [-0.05, 0) is 20.8 Å². The molecule has 1 rings (SSSR count). The van der Waals surface area contributed by atoms with Gasteiger partial charge in [-0.1, -0.05) is 0 Å². The van der Waals surface area contributed by atoms with Crippen molar-refractivity contribution in [1.82, 2.24) is 14.5 Å². The molecule has 16 heavy (non-hydrogen) atoms. The van der Waals surface area contributed by atoms with Gasteiger partial charge in [-0.3, -0.25) is 9.59 Å². The summed E-state index contributed by atoms with van der Waals surface area (Å²) >= 11 is 0. The fourth-order valence-electron chi connectivity index (χ4n) is 1.65. The van der Waals surface area contributed by atoms with Crippen LogP contribution in [0, 0.1) is 0 Å². The van der Waals surface area contributed by atoms with E-state index in [0.29, 0.717) is 25.1 Å². The summed E-state index contributed by atoms with van der Waals surface area (Å²) in [5, 5.41) is 0. The van der Waals surface area contributed by atoms with Crippen molar-refractivity contribution in [3.05, 3.63) is 18.2 Å². The molecular weight excluding hydrogens is 206 g/mol. The summed E-state index contributed by atoms with van der Waals surface area (Å²) in [5.74, 6) is 0.00565. The highest BCUT2D eigenvalue weighted by Gasteiger charge is 2.21. The van der Waals surface area contributed by atoms with Gasteiger partial charge in [0.15, 0.2) is 6.29 Å². The van der Waals surface area contributed by atoms with Crippen molar-refractivity contribution in [2.45, 2.75) is 26.8 Å². The van der Waals surface area contributed by atoms with Crippen molar-refractivity contribution < 1.29 is 9.59 Å². The predicted octanol–water partition coefficient (Wildman–Crippen LogP) is 1.12. The van der Waals surface area contributed by atoms with E-state index in [9.17, 15) is 9.59 Å². The Labute approximate surface area is 95.1 Å². The van der Waals surface area contributed by atoms with Gasteiger partial charge < -0.3 is 9.47 Å². The standard InChI is InChI=1S/C11H17N3O2/c1-4-13(5-2)11(16)9(3)14-8-12-6-10(14)7-15/h6-9H,4-5H2,1-3H3. The van der Waals surface area contributed by atoms with Gasteiger partial charge >= 0.3 is 0 Å². The number of likely N-dealkylation sites (N-methyl/N-ethyl adjacent to an activating group) is 1. The highest BCUT2D eigenvalue weighted by Crippen LogP contribution is 2.12. The van der Waals surface area contributed by atoms with Gasteiger partial charge in [0, 0.05) is 13.1 Å². The lowest BCUT2D eigenvalue weighted by Crippen LogP contribution is -2.36. The fraction of sp³-hybridized carbons (Fsp3) is 0.545. The van der Waals surface area contributed by atoms with Crippen molar-refractivity contribution in [3.63, 3.8) is 0 Å². The molecule has 88 valence electrons. The van der Waals surface area contributed by atoms with Gasteiger partial charge in [0.1, 0.15) is 11.7 Å². The van der Waals surface area contributed by atoms with E-state index in [1.54, 1.807) is 16.4 Å². The Kier molecular flexibility index (Phi) is 4.22. The van der Waals surface area contributed by atoms with Crippen LogP contribution in [0.1, 0.15) is 37.3 Å². The summed E-state index contributed by atoms with van der Waals surface area (Å²) in [7, 11) is 0. The van der Waals surface area contributed by atoms with E-state index in [0.717, 1.165) is 0 Å². The van der Waals surface area contributed by atoms with E-state index in [4.69, 9.17) is 0 Å². The summed E-state index contributed by atoms with van der Waals surface area (Å²) in [6.07, 6.45) is 3.67. The van der Waals surface area contributed by atoms with E-state index in [-0.39, 0.29) is 11.9 Å². The smallest absolute Gasteiger partial charge is 0.245 e. The lowest BCUT2D eigenvalue weighted by molar-refractivity contribution is -0.133. The Morgan fingerprint density at radius 2 is 2.19 bits per heavy atom. The van der Waals surface area contributed by atoms with Crippen LogP contribution in [0.4, 0.5) is 0 Å². The molecule has 0 aromatic carbocycles. The maximum absolute atomic E-state index is 12.0. The summed E-state index contributed by atoms with van der Waals surface area (Å²) in [6.45, 7) is 6.98. The molecule has 5 nitrogen and oxygen atoms in total. The van der Waals surface area contributed by atoms with Crippen LogP contribution >= 0.6 is 0 Å². The van der Waals surface area contributed by atoms with Crippen molar-refractivity contribution in [2.75, 3.05) is 13.1 Å². The quantitative estimate of drug-likeness (QED) is 0.703. The molecule has 1 amide bonds.